The molecule has 0 bridgehead atoms. The first-order chi connectivity index (χ1) is 24.8. The molecule has 17 heteroatoms. The Kier molecular flexibility index (Phi) is 8.84. The standard InChI is InChI=1S/C35H36Br2N4O11/c1-39(2)15-11-50-19(9-16(15)43)51-17-8-13-20-22-23(34(48)40(3)33(22)47)21-12-6-5-7-14(36)27(12)41(28(21)26(20)38-25(13)24(37)29(17)44)35-31(46)30(45)32(49-4)18(10-42)52-35/h5-8,15-16,18-19,30-32,35,38,42-46H,9-11H2,1-4H3/t15-,16+,18+,19+,30+,31+,32-,35+/m0/s1. The Hall–Kier alpha value is -3.36. The number of methoxy groups -OCH3 is 1. The lowest BCUT2D eigenvalue weighted by Crippen LogP contribution is -2.57. The van der Waals surface area contributed by atoms with Gasteiger partial charge in [0.25, 0.3) is 11.8 Å². The second-order valence-corrected chi connectivity index (χ2v) is 15.3. The maximum Gasteiger partial charge on any atom is 0.262 e. The molecule has 0 spiro atoms. The number of nitrogens with zero attached hydrogens (tertiary/aromatic N) is 3. The van der Waals surface area contributed by atoms with E-state index in [1.807, 2.05) is 19.0 Å². The third kappa shape index (κ3) is 4.98. The summed E-state index contributed by atoms with van der Waals surface area (Å²) in [4.78, 5) is 34.4. The Bertz CT molecular complexity index is 2310. The lowest BCUT2D eigenvalue weighted by Gasteiger charge is -2.42. The molecule has 52 heavy (non-hydrogen) atoms. The lowest BCUT2D eigenvalue weighted by atomic mass is 9.96. The van der Waals surface area contributed by atoms with Crippen LogP contribution >= 0.6 is 31.9 Å². The number of likely N-dealkylation sites (N-methyl/N-ethyl adjacent to an activating group) is 1. The molecule has 276 valence electrons. The van der Waals surface area contributed by atoms with Crippen LogP contribution in [0.4, 0.5) is 0 Å². The summed E-state index contributed by atoms with van der Waals surface area (Å²) in [7, 11) is 6.42. The van der Waals surface area contributed by atoms with Crippen LogP contribution in [0.5, 0.6) is 11.5 Å². The normalized spacial score (nSPS) is 28.3. The predicted octanol–water partition coefficient (Wildman–Crippen LogP) is 2.93. The van der Waals surface area contributed by atoms with Crippen molar-refractivity contribution < 1.29 is 54.1 Å². The van der Waals surface area contributed by atoms with E-state index in [2.05, 4.69) is 36.8 Å². The zero-order valence-electron chi connectivity index (χ0n) is 28.3. The highest BCUT2D eigenvalue weighted by atomic mass is 79.9. The van der Waals surface area contributed by atoms with Gasteiger partial charge < -0.3 is 58.9 Å². The zero-order valence-corrected chi connectivity index (χ0v) is 31.5. The van der Waals surface area contributed by atoms with Crippen molar-refractivity contribution >= 4 is 87.3 Å². The molecule has 2 saturated heterocycles. The molecule has 5 heterocycles. The van der Waals surface area contributed by atoms with Crippen molar-refractivity contribution in [2.24, 2.45) is 0 Å². The van der Waals surface area contributed by atoms with E-state index in [4.69, 9.17) is 18.9 Å². The molecule has 15 nitrogen and oxygen atoms in total. The molecule has 0 aliphatic carbocycles. The highest BCUT2D eigenvalue weighted by molar-refractivity contribution is 9.11. The number of aliphatic hydroxyl groups excluding tert-OH is 4. The number of nitrogens with one attached hydrogen (secondary N) is 1. The number of carbonyl (C=O) groups excluding carboxylic acids is 2. The fraction of sp³-hybridized carbons (Fsp3) is 0.429. The highest BCUT2D eigenvalue weighted by Crippen LogP contribution is 2.51. The van der Waals surface area contributed by atoms with Gasteiger partial charge in [0, 0.05) is 46.6 Å². The summed E-state index contributed by atoms with van der Waals surface area (Å²) >= 11 is 7.16. The number of ether oxygens (including phenoxy) is 4. The number of halogens is 2. The number of para-hydroxylation sites is 1. The number of hydrogen-bond donors (Lipinski definition) is 6. The van der Waals surface area contributed by atoms with Crippen LogP contribution in [-0.2, 0) is 14.2 Å². The molecule has 6 N–H and O–H groups in total. The number of amides is 2. The van der Waals surface area contributed by atoms with Gasteiger partial charge in [-0.05, 0) is 58.1 Å². The molecule has 3 aliphatic rings. The summed E-state index contributed by atoms with van der Waals surface area (Å²) in [6.07, 6.45) is -7.96. The summed E-state index contributed by atoms with van der Waals surface area (Å²) in [5, 5.41) is 57.0. The van der Waals surface area contributed by atoms with Crippen molar-refractivity contribution in [3.63, 3.8) is 0 Å². The molecule has 8 atom stereocenters. The van der Waals surface area contributed by atoms with Crippen molar-refractivity contribution in [3.8, 4) is 11.5 Å². The Labute approximate surface area is 312 Å². The molecular weight excluding hydrogens is 812 g/mol. The van der Waals surface area contributed by atoms with Crippen molar-refractivity contribution in [3.05, 3.63) is 44.3 Å². The molecule has 3 aromatic carbocycles. The van der Waals surface area contributed by atoms with Gasteiger partial charge in [-0.15, -0.1) is 0 Å². The SMILES string of the molecule is CO[C@@H]1[C@H](O)[C@@H](O)[C@H](n2c3c(Br)cccc3c3c4c(c5c6cc(O[C@@H]7C[C@@H](O)[C@@H](N(C)C)CO7)c(O)c(Br)c6[nH]c5c32)C(=O)N(C)C4=O)O[C@@H]1CO. The van der Waals surface area contributed by atoms with Crippen molar-refractivity contribution in [1.29, 1.82) is 0 Å². The zero-order chi connectivity index (χ0) is 37.1. The van der Waals surface area contributed by atoms with E-state index in [9.17, 15) is 35.1 Å². The molecule has 0 saturated carbocycles. The molecule has 2 amide bonds. The van der Waals surface area contributed by atoms with Crippen LogP contribution in [0.3, 0.4) is 0 Å². The van der Waals surface area contributed by atoms with E-state index in [0.717, 1.165) is 4.90 Å². The lowest BCUT2D eigenvalue weighted by molar-refractivity contribution is -0.255. The Morgan fingerprint density at radius 1 is 1.02 bits per heavy atom. The van der Waals surface area contributed by atoms with Gasteiger partial charge >= 0.3 is 0 Å². The summed E-state index contributed by atoms with van der Waals surface area (Å²) in [5.41, 5.74) is 1.82. The van der Waals surface area contributed by atoms with Gasteiger partial charge in [-0.3, -0.25) is 14.5 Å². The third-order valence-corrected chi connectivity index (χ3v) is 12.0. The van der Waals surface area contributed by atoms with Crippen molar-refractivity contribution in [2.45, 2.75) is 55.5 Å². The average Bonchev–Trinajstić information content (AvgIpc) is 3.73. The van der Waals surface area contributed by atoms with E-state index < -0.39 is 61.5 Å². The van der Waals surface area contributed by atoms with Gasteiger partial charge in [0.15, 0.2) is 17.7 Å². The minimum atomic E-state index is -1.57. The Balaban J connectivity index is 1.44. The summed E-state index contributed by atoms with van der Waals surface area (Å²) in [6.45, 7) is -0.338. The largest absolute Gasteiger partial charge is 0.503 e. The van der Waals surface area contributed by atoms with E-state index in [1.54, 1.807) is 28.8 Å². The smallest absolute Gasteiger partial charge is 0.262 e. The number of phenolic OH excluding ortho intramolecular Hbond substituents is 1. The molecular formula is C35H36Br2N4O11. The minimum Gasteiger partial charge on any atom is -0.503 e. The fourth-order valence-corrected chi connectivity index (χ4v) is 9.06. The number of aliphatic hydroxyl groups is 4. The van der Waals surface area contributed by atoms with Gasteiger partial charge in [0.05, 0.1) is 63.0 Å². The van der Waals surface area contributed by atoms with Crippen LogP contribution < -0.4 is 4.74 Å². The Morgan fingerprint density at radius 2 is 1.73 bits per heavy atom. The summed E-state index contributed by atoms with van der Waals surface area (Å²) in [6, 6.07) is 6.64. The van der Waals surface area contributed by atoms with Gasteiger partial charge in [0.1, 0.15) is 24.4 Å². The van der Waals surface area contributed by atoms with Gasteiger partial charge in [-0.1, -0.05) is 12.1 Å². The number of fused-ring (bicyclic) bond motifs is 10. The number of phenols is 1. The molecule has 8 rings (SSSR count). The minimum absolute atomic E-state index is 0.00796. The first-order valence-corrected chi connectivity index (χ1v) is 18.1. The van der Waals surface area contributed by atoms with E-state index in [0.29, 0.717) is 48.1 Å². The van der Waals surface area contributed by atoms with Crippen LogP contribution in [-0.4, -0.2) is 141 Å². The van der Waals surface area contributed by atoms with Crippen LogP contribution in [0.25, 0.3) is 43.6 Å². The average molecular weight is 848 g/mol. The Morgan fingerprint density at radius 3 is 2.38 bits per heavy atom. The summed E-state index contributed by atoms with van der Waals surface area (Å²) < 4.78 is 26.1. The van der Waals surface area contributed by atoms with Crippen LogP contribution in [0, 0.1) is 0 Å². The van der Waals surface area contributed by atoms with Crippen molar-refractivity contribution in [1.82, 2.24) is 19.4 Å². The third-order valence-electron chi connectivity index (χ3n) is 10.6. The number of H-pyrrole nitrogens is 1. The number of benzene rings is 3. The second-order valence-electron chi connectivity index (χ2n) is 13.6. The number of imide groups is 1. The fourth-order valence-electron chi connectivity index (χ4n) is 7.99. The maximum absolute atomic E-state index is 14.1. The molecule has 3 aliphatic heterocycles. The van der Waals surface area contributed by atoms with E-state index in [1.165, 1.54) is 14.2 Å². The quantitative estimate of drug-likeness (QED) is 0.137. The first kappa shape index (κ1) is 35.7. The monoisotopic (exact) mass is 846 g/mol. The number of aromatic nitrogens is 2. The number of aromatic hydroxyl groups is 1. The van der Waals surface area contributed by atoms with E-state index in [-0.39, 0.29) is 46.2 Å². The summed E-state index contributed by atoms with van der Waals surface area (Å²) in [5.74, 6) is -1.36. The highest BCUT2D eigenvalue weighted by Gasteiger charge is 2.48. The molecule has 2 aromatic heterocycles. The topological polar surface area (TPSA) is 199 Å². The first-order valence-electron chi connectivity index (χ1n) is 16.6. The van der Waals surface area contributed by atoms with Crippen molar-refractivity contribution in [2.75, 3.05) is 41.5 Å². The number of aromatic amines is 1. The van der Waals surface area contributed by atoms with Gasteiger partial charge in [-0.25, -0.2) is 0 Å². The second kappa shape index (κ2) is 12.9. The molecule has 0 radical (unpaired) electrons. The van der Waals surface area contributed by atoms with Crippen LogP contribution in [0.2, 0.25) is 0 Å². The predicted molar refractivity (Wildman–Crippen MR) is 195 cm³/mol. The number of carbonyl (C=O) groups is 2. The van der Waals surface area contributed by atoms with Gasteiger partial charge in [0.2, 0.25) is 6.29 Å². The maximum atomic E-state index is 14.1. The van der Waals surface area contributed by atoms with Crippen LogP contribution in [0.1, 0.15) is 33.4 Å². The van der Waals surface area contributed by atoms with Crippen LogP contribution in [0.15, 0.2) is 33.2 Å². The number of rotatable bonds is 6. The number of hydrogen-bond acceptors (Lipinski definition) is 12. The molecule has 0 unspecified atom stereocenters. The molecule has 2 fully saturated rings. The van der Waals surface area contributed by atoms with E-state index >= 15 is 0 Å². The van der Waals surface area contributed by atoms with Gasteiger partial charge in [-0.2, -0.15) is 0 Å². The molecule has 5 aromatic rings.